The number of aliphatic carboxylic acids is 1. The largest absolute Gasteiger partial charge is 0.481 e. The van der Waals surface area contributed by atoms with E-state index in [4.69, 9.17) is 5.11 Å². The summed E-state index contributed by atoms with van der Waals surface area (Å²) in [5, 5.41) is 10.7. The molecular formula is C15H20N2O4. The van der Waals surface area contributed by atoms with Crippen molar-refractivity contribution >= 4 is 23.6 Å². The SMILES string of the molecule is Cc1ccc(N(C)C(=O)NC(=O)CCCC(=O)O)c(C)c1. The van der Waals surface area contributed by atoms with Gasteiger partial charge < -0.3 is 5.11 Å². The number of nitrogens with one attached hydrogen (secondary N) is 1. The van der Waals surface area contributed by atoms with Crippen LogP contribution in [0.3, 0.4) is 0 Å². The van der Waals surface area contributed by atoms with Crippen LogP contribution in [0.25, 0.3) is 0 Å². The monoisotopic (exact) mass is 292 g/mol. The van der Waals surface area contributed by atoms with Crippen LogP contribution in [0.5, 0.6) is 0 Å². The van der Waals surface area contributed by atoms with Crippen molar-refractivity contribution in [3.05, 3.63) is 29.3 Å². The lowest BCUT2D eigenvalue weighted by Gasteiger charge is -2.20. The predicted octanol–water partition coefficient (Wildman–Crippen LogP) is 2.23. The van der Waals surface area contributed by atoms with Gasteiger partial charge in [0.15, 0.2) is 0 Å². The van der Waals surface area contributed by atoms with Crippen LogP contribution >= 0.6 is 0 Å². The van der Waals surface area contributed by atoms with Crippen molar-refractivity contribution in [2.75, 3.05) is 11.9 Å². The van der Waals surface area contributed by atoms with Gasteiger partial charge in [0.2, 0.25) is 5.91 Å². The van der Waals surface area contributed by atoms with Gasteiger partial charge in [0.1, 0.15) is 0 Å². The first kappa shape index (κ1) is 16.7. The molecule has 21 heavy (non-hydrogen) atoms. The maximum atomic E-state index is 12.0. The molecule has 0 aliphatic rings. The Labute approximate surface area is 123 Å². The zero-order valence-electron chi connectivity index (χ0n) is 12.5. The van der Waals surface area contributed by atoms with Gasteiger partial charge in [-0.15, -0.1) is 0 Å². The summed E-state index contributed by atoms with van der Waals surface area (Å²) in [6.07, 6.45) is 0.134. The third-order valence-electron chi connectivity index (χ3n) is 3.06. The van der Waals surface area contributed by atoms with Gasteiger partial charge >= 0.3 is 12.0 Å². The number of carboxylic acid groups (broad SMARTS) is 1. The van der Waals surface area contributed by atoms with Crippen molar-refractivity contribution in [3.63, 3.8) is 0 Å². The van der Waals surface area contributed by atoms with Crippen molar-refractivity contribution in [2.24, 2.45) is 0 Å². The summed E-state index contributed by atoms with van der Waals surface area (Å²) in [6.45, 7) is 3.85. The average molecular weight is 292 g/mol. The van der Waals surface area contributed by atoms with E-state index in [0.29, 0.717) is 0 Å². The molecule has 0 saturated carbocycles. The van der Waals surface area contributed by atoms with E-state index in [1.165, 1.54) is 4.90 Å². The number of nitrogens with zero attached hydrogens (tertiary/aromatic N) is 1. The summed E-state index contributed by atoms with van der Waals surface area (Å²) >= 11 is 0. The van der Waals surface area contributed by atoms with Crippen LogP contribution in [0.2, 0.25) is 0 Å². The Hall–Kier alpha value is -2.37. The van der Waals surface area contributed by atoms with Gasteiger partial charge in [0, 0.05) is 25.6 Å². The Bertz CT molecular complexity index is 555. The van der Waals surface area contributed by atoms with Crippen molar-refractivity contribution in [1.82, 2.24) is 5.32 Å². The number of amides is 3. The molecule has 0 atom stereocenters. The molecule has 0 spiro atoms. The van der Waals surface area contributed by atoms with Gasteiger partial charge in [-0.25, -0.2) is 4.79 Å². The number of imide groups is 1. The molecule has 0 fully saturated rings. The number of carbonyl (C=O) groups is 3. The van der Waals surface area contributed by atoms with Crippen molar-refractivity contribution < 1.29 is 19.5 Å². The van der Waals surface area contributed by atoms with E-state index in [1.807, 2.05) is 32.0 Å². The zero-order chi connectivity index (χ0) is 16.0. The lowest BCUT2D eigenvalue weighted by atomic mass is 10.1. The summed E-state index contributed by atoms with van der Waals surface area (Å²) in [7, 11) is 1.58. The zero-order valence-corrected chi connectivity index (χ0v) is 12.5. The first-order chi connectivity index (χ1) is 9.81. The fourth-order valence-corrected chi connectivity index (χ4v) is 1.96. The number of carbonyl (C=O) groups excluding carboxylic acids is 2. The highest BCUT2D eigenvalue weighted by molar-refractivity contribution is 6.02. The molecule has 0 aliphatic heterocycles. The van der Waals surface area contributed by atoms with Crippen molar-refractivity contribution in [1.29, 1.82) is 0 Å². The van der Waals surface area contributed by atoms with Gasteiger partial charge in [-0.2, -0.15) is 0 Å². The molecule has 0 aliphatic carbocycles. The second-order valence-electron chi connectivity index (χ2n) is 4.95. The van der Waals surface area contributed by atoms with Crippen LogP contribution in [-0.2, 0) is 9.59 Å². The number of hydrogen-bond acceptors (Lipinski definition) is 3. The number of anilines is 1. The summed E-state index contributed by atoms with van der Waals surface area (Å²) in [5.74, 6) is -1.43. The molecule has 1 aromatic rings. The molecule has 0 saturated heterocycles. The van der Waals surface area contributed by atoms with Gasteiger partial charge in [-0.05, 0) is 31.9 Å². The Morgan fingerprint density at radius 1 is 1.19 bits per heavy atom. The van der Waals surface area contributed by atoms with Gasteiger partial charge in [0.05, 0.1) is 0 Å². The molecule has 6 heteroatoms. The fraction of sp³-hybridized carbons (Fsp3) is 0.400. The summed E-state index contributed by atoms with van der Waals surface area (Å²) in [5.41, 5.74) is 2.75. The minimum absolute atomic E-state index is 0.0127. The molecule has 6 nitrogen and oxygen atoms in total. The number of hydrogen-bond donors (Lipinski definition) is 2. The lowest BCUT2D eigenvalue weighted by Crippen LogP contribution is -2.41. The normalized spacial score (nSPS) is 10.0. The molecule has 0 aromatic heterocycles. The predicted molar refractivity (Wildman–Crippen MR) is 79.3 cm³/mol. The van der Waals surface area contributed by atoms with E-state index in [1.54, 1.807) is 7.05 Å². The number of aryl methyl sites for hydroxylation is 2. The van der Waals surface area contributed by atoms with Crippen LogP contribution in [0.1, 0.15) is 30.4 Å². The maximum absolute atomic E-state index is 12.0. The highest BCUT2D eigenvalue weighted by Crippen LogP contribution is 2.19. The highest BCUT2D eigenvalue weighted by Gasteiger charge is 2.15. The second-order valence-corrected chi connectivity index (χ2v) is 4.95. The van der Waals surface area contributed by atoms with E-state index >= 15 is 0 Å². The molecule has 3 amide bonds. The van der Waals surface area contributed by atoms with Gasteiger partial charge in [-0.3, -0.25) is 19.8 Å². The summed E-state index contributed by atoms with van der Waals surface area (Å²) < 4.78 is 0. The van der Waals surface area contributed by atoms with E-state index < -0.39 is 17.9 Å². The van der Waals surface area contributed by atoms with E-state index in [-0.39, 0.29) is 19.3 Å². The van der Waals surface area contributed by atoms with Crippen LogP contribution in [0, 0.1) is 13.8 Å². The molecular weight excluding hydrogens is 272 g/mol. The molecule has 1 aromatic carbocycles. The van der Waals surface area contributed by atoms with E-state index in [2.05, 4.69) is 5.32 Å². The number of urea groups is 1. The quantitative estimate of drug-likeness (QED) is 0.871. The Morgan fingerprint density at radius 2 is 1.86 bits per heavy atom. The van der Waals surface area contributed by atoms with Crippen LogP contribution in [0.4, 0.5) is 10.5 Å². The standard InChI is InChI=1S/C15H20N2O4/c1-10-7-8-12(11(2)9-10)17(3)15(21)16-13(18)5-4-6-14(19)20/h7-9H,4-6H2,1-3H3,(H,19,20)(H,16,18,21). The Morgan fingerprint density at radius 3 is 2.43 bits per heavy atom. The first-order valence-electron chi connectivity index (χ1n) is 6.68. The smallest absolute Gasteiger partial charge is 0.328 e. The lowest BCUT2D eigenvalue weighted by molar-refractivity contribution is -0.137. The van der Waals surface area contributed by atoms with E-state index in [9.17, 15) is 14.4 Å². The van der Waals surface area contributed by atoms with Crippen LogP contribution < -0.4 is 10.2 Å². The Balaban J connectivity index is 2.58. The van der Waals surface area contributed by atoms with E-state index in [0.717, 1.165) is 16.8 Å². The average Bonchev–Trinajstić information content (AvgIpc) is 2.37. The molecule has 0 unspecified atom stereocenters. The third kappa shape index (κ3) is 5.25. The number of carboxylic acids is 1. The maximum Gasteiger partial charge on any atom is 0.328 e. The molecule has 114 valence electrons. The molecule has 2 N–H and O–H groups in total. The van der Waals surface area contributed by atoms with Crippen LogP contribution in [0.15, 0.2) is 18.2 Å². The molecule has 0 bridgehead atoms. The molecule has 0 radical (unpaired) electrons. The number of benzene rings is 1. The summed E-state index contributed by atoms with van der Waals surface area (Å²) in [6, 6.07) is 5.13. The van der Waals surface area contributed by atoms with Crippen molar-refractivity contribution in [2.45, 2.75) is 33.1 Å². The molecule has 1 rings (SSSR count). The second kappa shape index (κ2) is 7.42. The molecule has 0 heterocycles. The minimum Gasteiger partial charge on any atom is -0.481 e. The van der Waals surface area contributed by atoms with Gasteiger partial charge in [-0.1, -0.05) is 17.7 Å². The highest BCUT2D eigenvalue weighted by atomic mass is 16.4. The summed E-state index contributed by atoms with van der Waals surface area (Å²) in [4.78, 5) is 35.2. The number of rotatable bonds is 5. The van der Waals surface area contributed by atoms with Crippen LogP contribution in [-0.4, -0.2) is 30.1 Å². The fourth-order valence-electron chi connectivity index (χ4n) is 1.96. The topological polar surface area (TPSA) is 86.7 Å². The first-order valence-corrected chi connectivity index (χ1v) is 6.68. The Kier molecular flexibility index (Phi) is 5.90. The minimum atomic E-state index is -0.957. The van der Waals surface area contributed by atoms with Crippen molar-refractivity contribution in [3.8, 4) is 0 Å². The third-order valence-corrected chi connectivity index (χ3v) is 3.06. The van der Waals surface area contributed by atoms with Gasteiger partial charge in [0.25, 0.3) is 0 Å².